The molecule has 1 unspecified atom stereocenters. The molecule has 13 heavy (non-hydrogen) atoms. The van der Waals surface area contributed by atoms with Crippen LogP contribution in [0.5, 0.6) is 0 Å². The van der Waals surface area contributed by atoms with Gasteiger partial charge in [0.05, 0.1) is 0 Å². The smallest absolute Gasteiger partial charge is 0.220 e. The Balaban J connectivity index is 2.10. The molecule has 0 spiro atoms. The Morgan fingerprint density at radius 2 is 2.23 bits per heavy atom. The fourth-order valence-corrected chi connectivity index (χ4v) is 1.39. The van der Waals surface area contributed by atoms with Gasteiger partial charge in [0.25, 0.3) is 0 Å². The van der Waals surface area contributed by atoms with E-state index in [1.54, 1.807) is 0 Å². The largest absolute Gasteiger partial charge is 0.353 e. The van der Waals surface area contributed by atoms with Crippen LogP contribution < -0.4 is 11.1 Å². The van der Waals surface area contributed by atoms with Crippen LogP contribution in [-0.2, 0) is 4.79 Å². The lowest BCUT2D eigenvalue weighted by Gasteiger charge is -2.12. The van der Waals surface area contributed by atoms with E-state index in [0.29, 0.717) is 12.5 Å². The monoisotopic (exact) mass is 182 g/mol. The third-order valence-electron chi connectivity index (χ3n) is 2.20. The van der Waals surface area contributed by atoms with Crippen molar-refractivity contribution in [2.75, 3.05) is 0 Å². The van der Waals surface area contributed by atoms with E-state index in [4.69, 9.17) is 5.73 Å². The maximum absolute atomic E-state index is 11.3. The molecule has 0 saturated heterocycles. The number of rotatable bonds is 4. The minimum absolute atomic E-state index is 0.118. The second-order valence-corrected chi connectivity index (χ2v) is 3.72. The SMILES string of the molecule is CC(N)CCC(=O)NC1CC=CC1. The quantitative estimate of drug-likeness (QED) is 0.636. The zero-order chi connectivity index (χ0) is 9.68. The summed E-state index contributed by atoms with van der Waals surface area (Å²) >= 11 is 0. The molecule has 0 fully saturated rings. The molecule has 3 nitrogen and oxygen atoms in total. The van der Waals surface area contributed by atoms with Gasteiger partial charge < -0.3 is 11.1 Å². The number of hydrogen-bond donors (Lipinski definition) is 2. The topological polar surface area (TPSA) is 55.1 Å². The first-order valence-corrected chi connectivity index (χ1v) is 4.88. The van der Waals surface area contributed by atoms with Crippen LogP contribution in [-0.4, -0.2) is 18.0 Å². The second-order valence-electron chi connectivity index (χ2n) is 3.72. The van der Waals surface area contributed by atoms with Crippen LogP contribution in [0.25, 0.3) is 0 Å². The molecule has 0 radical (unpaired) electrons. The van der Waals surface area contributed by atoms with Crippen molar-refractivity contribution < 1.29 is 4.79 Å². The zero-order valence-corrected chi connectivity index (χ0v) is 8.12. The van der Waals surface area contributed by atoms with Gasteiger partial charge in [-0.1, -0.05) is 12.2 Å². The van der Waals surface area contributed by atoms with Gasteiger partial charge in [-0.3, -0.25) is 4.79 Å². The van der Waals surface area contributed by atoms with Gasteiger partial charge in [0.2, 0.25) is 5.91 Å². The Bertz CT molecular complexity index is 191. The summed E-state index contributed by atoms with van der Waals surface area (Å²) in [7, 11) is 0. The van der Waals surface area contributed by atoms with Gasteiger partial charge in [-0.2, -0.15) is 0 Å². The van der Waals surface area contributed by atoms with Gasteiger partial charge in [0, 0.05) is 18.5 Å². The fraction of sp³-hybridized carbons (Fsp3) is 0.700. The van der Waals surface area contributed by atoms with Crippen LogP contribution in [0.15, 0.2) is 12.2 Å². The summed E-state index contributed by atoms with van der Waals surface area (Å²) in [5, 5.41) is 2.98. The molecule has 3 heteroatoms. The highest BCUT2D eigenvalue weighted by atomic mass is 16.1. The number of nitrogens with two attached hydrogens (primary N) is 1. The van der Waals surface area contributed by atoms with Gasteiger partial charge >= 0.3 is 0 Å². The van der Waals surface area contributed by atoms with Crippen molar-refractivity contribution in [1.82, 2.24) is 5.32 Å². The highest BCUT2D eigenvalue weighted by molar-refractivity contribution is 5.76. The summed E-state index contributed by atoms with van der Waals surface area (Å²) in [6.45, 7) is 1.92. The maximum Gasteiger partial charge on any atom is 0.220 e. The van der Waals surface area contributed by atoms with Gasteiger partial charge in [-0.15, -0.1) is 0 Å². The van der Waals surface area contributed by atoms with Crippen molar-refractivity contribution in [3.63, 3.8) is 0 Å². The van der Waals surface area contributed by atoms with Gasteiger partial charge in [0.1, 0.15) is 0 Å². The van der Waals surface area contributed by atoms with Crippen molar-refractivity contribution in [2.24, 2.45) is 5.73 Å². The molecule has 1 rings (SSSR count). The van der Waals surface area contributed by atoms with Crippen LogP contribution in [0.3, 0.4) is 0 Å². The number of amides is 1. The minimum atomic E-state index is 0.118. The van der Waals surface area contributed by atoms with Gasteiger partial charge in [-0.05, 0) is 26.2 Å². The standard InChI is InChI=1S/C10H18N2O/c1-8(11)6-7-10(13)12-9-4-2-3-5-9/h2-3,8-9H,4-7,11H2,1H3,(H,12,13). The Morgan fingerprint density at radius 3 is 2.77 bits per heavy atom. The molecule has 0 aliphatic heterocycles. The Kier molecular flexibility index (Phi) is 3.96. The van der Waals surface area contributed by atoms with E-state index in [2.05, 4.69) is 17.5 Å². The molecule has 1 aliphatic carbocycles. The first-order valence-electron chi connectivity index (χ1n) is 4.88. The van der Waals surface area contributed by atoms with E-state index in [9.17, 15) is 4.79 Å². The summed E-state index contributed by atoms with van der Waals surface area (Å²) < 4.78 is 0. The first kappa shape index (κ1) is 10.3. The number of hydrogen-bond acceptors (Lipinski definition) is 2. The molecule has 3 N–H and O–H groups in total. The molecule has 0 saturated carbocycles. The lowest BCUT2D eigenvalue weighted by atomic mass is 10.1. The molecular formula is C10H18N2O. The molecule has 0 aromatic rings. The molecule has 1 aliphatic rings. The van der Waals surface area contributed by atoms with E-state index in [1.165, 1.54) is 0 Å². The van der Waals surface area contributed by atoms with E-state index >= 15 is 0 Å². The lowest BCUT2D eigenvalue weighted by molar-refractivity contribution is -0.121. The first-order chi connectivity index (χ1) is 6.18. The summed E-state index contributed by atoms with van der Waals surface area (Å²) in [4.78, 5) is 11.3. The lowest BCUT2D eigenvalue weighted by Crippen LogP contribution is -2.33. The van der Waals surface area contributed by atoms with Crippen molar-refractivity contribution in [3.05, 3.63) is 12.2 Å². The second kappa shape index (κ2) is 5.02. The minimum Gasteiger partial charge on any atom is -0.353 e. The third-order valence-corrected chi connectivity index (χ3v) is 2.20. The van der Waals surface area contributed by atoms with Crippen molar-refractivity contribution in [3.8, 4) is 0 Å². The third kappa shape index (κ3) is 4.08. The number of nitrogens with one attached hydrogen (secondary N) is 1. The Morgan fingerprint density at radius 1 is 1.62 bits per heavy atom. The summed E-state index contributed by atoms with van der Waals surface area (Å²) in [6.07, 6.45) is 7.49. The molecule has 0 aromatic carbocycles. The highest BCUT2D eigenvalue weighted by Crippen LogP contribution is 2.09. The molecule has 1 amide bonds. The molecule has 1 atom stereocenters. The fourth-order valence-electron chi connectivity index (χ4n) is 1.39. The van der Waals surface area contributed by atoms with Gasteiger partial charge in [-0.25, -0.2) is 0 Å². The predicted molar refractivity (Wildman–Crippen MR) is 53.2 cm³/mol. The molecular weight excluding hydrogens is 164 g/mol. The van der Waals surface area contributed by atoms with Crippen molar-refractivity contribution in [1.29, 1.82) is 0 Å². The average molecular weight is 182 g/mol. The molecule has 0 heterocycles. The van der Waals surface area contributed by atoms with Crippen LogP contribution in [0.1, 0.15) is 32.6 Å². The van der Waals surface area contributed by atoms with E-state index in [1.807, 2.05) is 6.92 Å². The number of carbonyl (C=O) groups excluding carboxylic acids is 1. The zero-order valence-electron chi connectivity index (χ0n) is 8.12. The Hall–Kier alpha value is -0.830. The predicted octanol–water partition coefficient (Wildman–Crippen LogP) is 0.949. The highest BCUT2D eigenvalue weighted by Gasteiger charge is 2.12. The van der Waals surface area contributed by atoms with Crippen molar-refractivity contribution >= 4 is 5.91 Å². The van der Waals surface area contributed by atoms with E-state index < -0.39 is 0 Å². The molecule has 0 bridgehead atoms. The maximum atomic E-state index is 11.3. The van der Waals surface area contributed by atoms with Crippen molar-refractivity contribution in [2.45, 2.75) is 44.7 Å². The summed E-state index contributed by atoms with van der Waals surface area (Å²) in [5.74, 6) is 0.131. The van der Waals surface area contributed by atoms with Crippen LogP contribution in [0.4, 0.5) is 0 Å². The average Bonchev–Trinajstić information content (AvgIpc) is 2.53. The van der Waals surface area contributed by atoms with E-state index in [0.717, 1.165) is 19.3 Å². The van der Waals surface area contributed by atoms with Gasteiger partial charge in [0.15, 0.2) is 0 Å². The normalized spacial score (nSPS) is 18.9. The number of carbonyl (C=O) groups is 1. The van der Waals surface area contributed by atoms with Crippen LogP contribution in [0, 0.1) is 0 Å². The summed E-state index contributed by atoms with van der Waals surface area (Å²) in [5.41, 5.74) is 5.56. The summed E-state index contributed by atoms with van der Waals surface area (Å²) in [6, 6.07) is 0.452. The van der Waals surface area contributed by atoms with E-state index in [-0.39, 0.29) is 11.9 Å². The van der Waals surface area contributed by atoms with Crippen LogP contribution in [0.2, 0.25) is 0 Å². The Labute approximate surface area is 79.4 Å². The molecule has 74 valence electrons. The van der Waals surface area contributed by atoms with Crippen LogP contribution >= 0.6 is 0 Å². The molecule has 0 aromatic heterocycles.